The predicted octanol–water partition coefficient (Wildman–Crippen LogP) is 2.04. The van der Waals surface area contributed by atoms with E-state index >= 15 is 0 Å². The van der Waals surface area contributed by atoms with Gasteiger partial charge in [0.25, 0.3) is 0 Å². The van der Waals surface area contributed by atoms with Gasteiger partial charge in [0, 0.05) is 12.6 Å². The molecule has 1 aliphatic rings. The molecule has 0 bridgehead atoms. The molecule has 2 rings (SSSR count). The molecule has 1 fully saturated rings. The number of halogens is 1. The van der Waals surface area contributed by atoms with E-state index in [4.69, 9.17) is 5.26 Å². The first-order valence-corrected chi connectivity index (χ1v) is 8.57. The summed E-state index contributed by atoms with van der Waals surface area (Å²) in [7, 11) is -3.53. The zero-order valence-corrected chi connectivity index (χ0v) is 14.4. The van der Waals surface area contributed by atoms with Crippen molar-refractivity contribution in [2.45, 2.75) is 37.6 Å². The van der Waals surface area contributed by atoms with E-state index in [1.165, 1.54) is 24.3 Å². The minimum absolute atomic E-state index is 0. The fourth-order valence-electron chi connectivity index (χ4n) is 2.60. The molecule has 1 aliphatic heterocycles. The van der Waals surface area contributed by atoms with Gasteiger partial charge in [0.2, 0.25) is 10.0 Å². The van der Waals surface area contributed by atoms with E-state index in [9.17, 15) is 8.42 Å². The predicted molar refractivity (Wildman–Crippen MR) is 88.4 cm³/mol. The van der Waals surface area contributed by atoms with Gasteiger partial charge in [0.05, 0.1) is 16.5 Å². The summed E-state index contributed by atoms with van der Waals surface area (Å²) in [6.07, 6.45) is 2.20. The normalized spacial score (nSPS) is 20.7. The molecule has 0 aromatic heterocycles. The molecule has 22 heavy (non-hydrogen) atoms. The van der Waals surface area contributed by atoms with Gasteiger partial charge in [-0.2, -0.15) is 5.26 Å². The van der Waals surface area contributed by atoms with Crippen LogP contribution in [0.25, 0.3) is 0 Å². The molecule has 2 N–H and O–H groups in total. The second kappa shape index (κ2) is 7.42. The Morgan fingerprint density at radius 1 is 1.36 bits per heavy atom. The maximum absolute atomic E-state index is 12.3. The van der Waals surface area contributed by atoms with Crippen molar-refractivity contribution in [1.29, 1.82) is 5.26 Å². The summed E-state index contributed by atoms with van der Waals surface area (Å²) in [6, 6.07) is 8.04. The third kappa shape index (κ3) is 4.43. The topological polar surface area (TPSA) is 82.0 Å². The summed E-state index contributed by atoms with van der Waals surface area (Å²) in [5.74, 6) is 0. The molecule has 0 spiro atoms. The molecule has 0 amide bonds. The lowest BCUT2D eigenvalue weighted by atomic mass is 9.78. The molecule has 1 aromatic rings. The van der Waals surface area contributed by atoms with E-state index in [2.05, 4.69) is 23.9 Å². The van der Waals surface area contributed by atoms with Crippen molar-refractivity contribution in [2.75, 3.05) is 13.1 Å². The lowest BCUT2D eigenvalue weighted by molar-refractivity contribution is 0.181. The molecular weight excluding hydrogens is 322 g/mol. The summed E-state index contributed by atoms with van der Waals surface area (Å²) in [5, 5.41) is 12.1. The van der Waals surface area contributed by atoms with E-state index < -0.39 is 10.0 Å². The Labute approximate surface area is 138 Å². The zero-order chi connectivity index (χ0) is 15.5. The van der Waals surface area contributed by atoms with Crippen molar-refractivity contribution in [2.24, 2.45) is 5.41 Å². The SMILES string of the molecule is CC1(C)CCCNC1CNS(=O)(=O)c1ccc(C#N)cc1.Cl. The highest BCUT2D eigenvalue weighted by atomic mass is 35.5. The monoisotopic (exact) mass is 343 g/mol. The largest absolute Gasteiger partial charge is 0.312 e. The molecule has 1 heterocycles. The number of hydrogen-bond donors (Lipinski definition) is 2. The standard InChI is InChI=1S/C15H21N3O2S.ClH/c1-15(2)8-3-9-17-14(15)11-18-21(19,20)13-6-4-12(10-16)5-7-13;/h4-7,14,17-18H,3,8-9,11H2,1-2H3;1H. The Bertz CT molecular complexity index is 636. The first-order chi connectivity index (χ1) is 9.85. The average molecular weight is 344 g/mol. The molecule has 1 atom stereocenters. The van der Waals surface area contributed by atoms with Gasteiger partial charge in [-0.05, 0) is 49.1 Å². The van der Waals surface area contributed by atoms with E-state index in [-0.39, 0.29) is 28.8 Å². The third-order valence-corrected chi connectivity index (χ3v) is 5.54. The summed E-state index contributed by atoms with van der Waals surface area (Å²) in [4.78, 5) is 0.190. The number of piperidine rings is 1. The maximum Gasteiger partial charge on any atom is 0.240 e. The second-order valence-electron chi connectivity index (χ2n) is 6.09. The third-order valence-electron chi connectivity index (χ3n) is 4.10. The van der Waals surface area contributed by atoms with Crippen LogP contribution in [0.15, 0.2) is 29.2 Å². The van der Waals surface area contributed by atoms with Crippen molar-refractivity contribution in [1.82, 2.24) is 10.0 Å². The van der Waals surface area contributed by atoms with Gasteiger partial charge in [0.1, 0.15) is 0 Å². The van der Waals surface area contributed by atoms with Gasteiger partial charge in [-0.25, -0.2) is 13.1 Å². The lowest BCUT2D eigenvalue weighted by Crippen LogP contribution is -2.52. The Morgan fingerprint density at radius 3 is 2.55 bits per heavy atom. The van der Waals surface area contributed by atoms with Crippen LogP contribution in [0.4, 0.5) is 0 Å². The van der Waals surface area contributed by atoms with Crippen LogP contribution in [0.2, 0.25) is 0 Å². The van der Waals surface area contributed by atoms with Crippen LogP contribution >= 0.6 is 12.4 Å². The van der Waals surface area contributed by atoms with Crippen molar-refractivity contribution in [3.63, 3.8) is 0 Å². The quantitative estimate of drug-likeness (QED) is 0.876. The Morgan fingerprint density at radius 2 is 2.00 bits per heavy atom. The van der Waals surface area contributed by atoms with Crippen LogP contribution in [0.5, 0.6) is 0 Å². The minimum Gasteiger partial charge on any atom is -0.312 e. The summed E-state index contributed by atoms with van der Waals surface area (Å²) >= 11 is 0. The molecular formula is C15H22ClN3O2S. The van der Waals surface area contributed by atoms with E-state index in [0.717, 1.165) is 19.4 Å². The highest BCUT2D eigenvalue weighted by Gasteiger charge is 2.32. The molecule has 122 valence electrons. The number of nitrogens with one attached hydrogen (secondary N) is 2. The van der Waals surface area contributed by atoms with Gasteiger partial charge in [-0.3, -0.25) is 0 Å². The molecule has 1 aromatic carbocycles. The van der Waals surface area contributed by atoms with Crippen LogP contribution in [0.1, 0.15) is 32.3 Å². The molecule has 0 aliphatic carbocycles. The molecule has 0 radical (unpaired) electrons. The van der Waals surface area contributed by atoms with Gasteiger partial charge < -0.3 is 5.32 Å². The molecule has 1 saturated heterocycles. The average Bonchev–Trinajstić information content (AvgIpc) is 2.46. The highest BCUT2D eigenvalue weighted by molar-refractivity contribution is 7.89. The van der Waals surface area contributed by atoms with Crippen molar-refractivity contribution >= 4 is 22.4 Å². The van der Waals surface area contributed by atoms with Crippen LogP contribution in [0.3, 0.4) is 0 Å². The minimum atomic E-state index is -3.53. The number of sulfonamides is 1. The second-order valence-corrected chi connectivity index (χ2v) is 7.85. The van der Waals surface area contributed by atoms with Crippen LogP contribution in [-0.2, 0) is 10.0 Å². The van der Waals surface area contributed by atoms with Crippen molar-refractivity contribution in [3.8, 4) is 6.07 Å². The van der Waals surface area contributed by atoms with Crippen molar-refractivity contribution in [3.05, 3.63) is 29.8 Å². The number of hydrogen-bond acceptors (Lipinski definition) is 4. The summed E-state index contributed by atoms with van der Waals surface area (Å²) < 4.78 is 27.2. The maximum atomic E-state index is 12.3. The Hall–Kier alpha value is -1.13. The summed E-state index contributed by atoms with van der Waals surface area (Å²) in [5.41, 5.74) is 0.523. The van der Waals surface area contributed by atoms with E-state index in [0.29, 0.717) is 12.1 Å². The summed E-state index contributed by atoms with van der Waals surface area (Å²) in [6.45, 7) is 5.60. The highest BCUT2D eigenvalue weighted by Crippen LogP contribution is 2.29. The molecule has 1 unspecified atom stereocenters. The van der Waals surface area contributed by atoms with Crippen LogP contribution in [-0.4, -0.2) is 27.5 Å². The van der Waals surface area contributed by atoms with Gasteiger partial charge >= 0.3 is 0 Å². The Kier molecular flexibility index (Phi) is 6.38. The number of nitrogens with zero attached hydrogens (tertiary/aromatic N) is 1. The lowest BCUT2D eigenvalue weighted by Gasteiger charge is -2.39. The first kappa shape index (κ1) is 18.9. The number of nitriles is 1. The molecule has 0 saturated carbocycles. The zero-order valence-electron chi connectivity index (χ0n) is 12.8. The Balaban J connectivity index is 0.00000242. The van der Waals surface area contributed by atoms with E-state index in [1.54, 1.807) is 0 Å². The van der Waals surface area contributed by atoms with Crippen molar-refractivity contribution < 1.29 is 8.42 Å². The smallest absolute Gasteiger partial charge is 0.240 e. The van der Waals surface area contributed by atoms with Gasteiger partial charge in [-0.1, -0.05) is 13.8 Å². The first-order valence-electron chi connectivity index (χ1n) is 7.08. The molecule has 7 heteroatoms. The van der Waals surface area contributed by atoms with Crippen LogP contribution < -0.4 is 10.0 Å². The fourth-order valence-corrected chi connectivity index (χ4v) is 3.65. The number of rotatable bonds is 4. The van der Waals surface area contributed by atoms with Gasteiger partial charge in [-0.15, -0.1) is 12.4 Å². The van der Waals surface area contributed by atoms with E-state index in [1.807, 2.05) is 6.07 Å². The number of benzene rings is 1. The molecule has 5 nitrogen and oxygen atoms in total. The van der Waals surface area contributed by atoms with Crippen LogP contribution in [0, 0.1) is 16.7 Å². The van der Waals surface area contributed by atoms with Gasteiger partial charge in [0.15, 0.2) is 0 Å². The fraction of sp³-hybridized carbons (Fsp3) is 0.533.